The first-order valence-electron chi connectivity index (χ1n) is 6.65. The second-order valence-electron chi connectivity index (χ2n) is 4.57. The Morgan fingerprint density at radius 2 is 2.04 bits per heavy atom. The van der Waals surface area contributed by atoms with E-state index < -0.39 is 5.97 Å². The number of rotatable bonds is 6. The lowest BCUT2D eigenvalue weighted by Crippen LogP contribution is -2.06. The Kier molecular flexibility index (Phi) is 6.69. The highest BCUT2D eigenvalue weighted by Crippen LogP contribution is 2.35. The molecule has 2 aromatic rings. The van der Waals surface area contributed by atoms with Crippen LogP contribution < -0.4 is 4.74 Å². The summed E-state index contributed by atoms with van der Waals surface area (Å²) >= 11 is 13.0. The minimum atomic E-state index is -0.467. The van der Waals surface area contributed by atoms with Gasteiger partial charge >= 0.3 is 5.97 Å². The van der Waals surface area contributed by atoms with E-state index in [0.29, 0.717) is 27.4 Å². The summed E-state index contributed by atoms with van der Waals surface area (Å²) in [5.41, 5.74) is 1.34. The van der Waals surface area contributed by atoms with Crippen molar-refractivity contribution in [2.24, 2.45) is 0 Å². The minimum absolute atomic E-state index is 0.148. The first kappa shape index (κ1) is 18.0. The zero-order valence-corrected chi connectivity index (χ0v) is 15.9. The lowest BCUT2D eigenvalue weighted by Gasteiger charge is -2.12. The molecule has 3 nitrogen and oxygen atoms in total. The third kappa shape index (κ3) is 5.09. The fourth-order valence-corrected chi connectivity index (χ4v) is 3.23. The average Bonchev–Trinajstić information content (AvgIpc) is 2.51. The molecule has 0 spiro atoms. The SMILES string of the molecule is C=CCOC(=O)c1cc(Cl)c(OCc2cccc(Br)c2)c(Br)c1. The largest absolute Gasteiger partial charge is 0.486 e. The van der Waals surface area contributed by atoms with Crippen LogP contribution in [0.3, 0.4) is 0 Å². The molecule has 0 atom stereocenters. The van der Waals surface area contributed by atoms with Crippen LogP contribution in [0.25, 0.3) is 0 Å². The standard InChI is InChI=1S/C17H13Br2ClO3/c1-2-6-22-17(21)12-8-14(19)16(15(20)9-12)23-10-11-4-3-5-13(18)7-11/h2-5,7-9H,1,6,10H2. The Hall–Kier alpha value is -1.30. The van der Waals surface area contributed by atoms with Crippen molar-refractivity contribution in [3.8, 4) is 5.75 Å². The molecule has 2 aromatic carbocycles. The molecule has 0 aromatic heterocycles. The Morgan fingerprint density at radius 3 is 2.70 bits per heavy atom. The van der Waals surface area contributed by atoms with Crippen LogP contribution in [-0.2, 0) is 11.3 Å². The molecule has 0 fully saturated rings. The number of carbonyl (C=O) groups excluding carboxylic acids is 1. The van der Waals surface area contributed by atoms with E-state index in [1.165, 1.54) is 12.1 Å². The van der Waals surface area contributed by atoms with E-state index >= 15 is 0 Å². The maximum atomic E-state index is 11.8. The second-order valence-corrected chi connectivity index (χ2v) is 6.75. The first-order valence-corrected chi connectivity index (χ1v) is 8.62. The Bertz CT molecular complexity index is 709. The number of halogens is 3. The zero-order valence-electron chi connectivity index (χ0n) is 12.0. The molecule has 23 heavy (non-hydrogen) atoms. The summed E-state index contributed by atoms with van der Waals surface area (Å²) in [7, 11) is 0. The summed E-state index contributed by atoms with van der Waals surface area (Å²) in [5.74, 6) is 0.0120. The molecule has 0 saturated heterocycles. The molecule has 0 aliphatic rings. The Labute approximate surface area is 156 Å². The third-order valence-corrected chi connectivity index (χ3v) is 4.20. The number of carbonyl (C=O) groups is 1. The molecule has 0 bridgehead atoms. The Morgan fingerprint density at radius 1 is 1.26 bits per heavy atom. The van der Waals surface area contributed by atoms with Crippen molar-refractivity contribution in [3.05, 3.63) is 74.1 Å². The summed E-state index contributed by atoms with van der Waals surface area (Å²) in [6.45, 7) is 4.01. The quantitative estimate of drug-likeness (QED) is 0.405. The molecule has 120 valence electrons. The van der Waals surface area contributed by atoms with Gasteiger partial charge in [-0.2, -0.15) is 0 Å². The molecule has 0 aliphatic heterocycles. The van der Waals surface area contributed by atoms with Crippen LogP contribution in [0.5, 0.6) is 5.75 Å². The second kappa shape index (κ2) is 8.52. The lowest BCUT2D eigenvalue weighted by molar-refractivity contribution is 0.0549. The van der Waals surface area contributed by atoms with Gasteiger partial charge in [0, 0.05) is 4.47 Å². The monoisotopic (exact) mass is 458 g/mol. The number of hydrogen-bond donors (Lipinski definition) is 0. The molecule has 0 heterocycles. The maximum Gasteiger partial charge on any atom is 0.338 e. The van der Waals surface area contributed by atoms with Gasteiger partial charge in [-0.25, -0.2) is 4.79 Å². The van der Waals surface area contributed by atoms with Gasteiger partial charge in [0.1, 0.15) is 13.2 Å². The summed E-state index contributed by atoms with van der Waals surface area (Å²) in [5, 5.41) is 0.333. The number of hydrogen-bond acceptors (Lipinski definition) is 3. The van der Waals surface area contributed by atoms with Crippen LogP contribution in [0.1, 0.15) is 15.9 Å². The highest BCUT2D eigenvalue weighted by atomic mass is 79.9. The van der Waals surface area contributed by atoms with Crippen LogP contribution >= 0.6 is 43.5 Å². The molecule has 0 saturated carbocycles. The van der Waals surface area contributed by atoms with Crippen molar-refractivity contribution in [2.75, 3.05) is 6.61 Å². The highest BCUT2D eigenvalue weighted by Gasteiger charge is 2.15. The molecular weight excluding hydrogens is 447 g/mol. The smallest absolute Gasteiger partial charge is 0.338 e. The van der Waals surface area contributed by atoms with Crippen LogP contribution in [0, 0.1) is 0 Å². The van der Waals surface area contributed by atoms with Gasteiger partial charge < -0.3 is 9.47 Å². The minimum Gasteiger partial charge on any atom is -0.486 e. The summed E-state index contributed by atoms with van der Waals surface area (Å²) < 4.78 is 12.3. The van der Waals surface area contributed by atoms with E-state index in [0.717, 1.165) is 10.0 Å². The van der Waals surface area contributed by atoms with Crippen molar-refractivity contribution < 1.29 is 14.3 Å². The van der Waals surface area contributed by atoms with E-state index in [1.807, 2.05) is 24.3 Å². The van der Waals surface area contributed by atoms with E-state index in [-0.39, 0.29) is 6.61 Å². The predicted octanol–water partition coefficient (Wildman–Crippen LogP) is 5.79. The summed E-state index contributed by atoms with van der Waals surface area (Å²) in [6.07, 6.45) is 1.50. The van der Waals surface area contributed by atoms with Gasteiger partial charge in [-0.15, -0.1) is 0 Å². The molecule has 0 amide bonds. The first-order chi connectivity index (χ1) is 11.0. The van der Waals surface area contributed by atoms with Crippen molar-refractivity contribution in [1.82, 2.24) is 0 Å². The molecule has 0 N–H and O–H groups in total. The number of esters is 1. The van der Waals surface area contributed by atoms with E-state index in [4.69, 9.17) is 21.1 Å². The average molecular weight is 461 g/mol. The van der Waals surface area contributed by atoms with E-state index in [1.54, 1.807) is 6.07 Å². The van der Waals surface area contributed by atoms with Gasteiger partial charge in [-0.1, -0.05) is 52.3 Å². The van der Waals surface area contributed by atoms with E-state index in [2.05, 4.69) is 38.4 Å². The van der Waals surface area contributed by atoms with Gasteiger partial charge in [-0.05, 0) is 45.8 Å². The van der Waals surface area contributed by atoms with Crippen molar-refractivity contribution in [2.45, 2.75) is 6.61 Å². The highest BCUT2D eigenvalue weighted by molar-refractivity contribution is 9.10. The fourth-order valence-electron chi connectivity index (χ4n) is 1.82. The van der Waals surface area contributed by atoms with Gasteiger partial charge in [0.05, 0.1) is 15.1 Å². The van der Waals surface area contributed by atoms with Gasteiger partial charge in [0.15, 0.2) is 5.75 Å². The van der Waals surface area contributed by atoms with Gasteiger partial charge in [-0.3, -0.25) is 0 Å². The summed E-state index contributed by atoms with van der Waals surface area (Å²) in [6, 6.07) is 10.9. The third-order valence-electron chi connectivity index (χ3n) is 2.84. The van der Waals surface area contributed by atoms with Gasteiger partial charge in [0.25, 0.3) is 0 Å². The molecule has 0 aliphatic carbocycles. The number of benzene rings is 2. The van der Waals surface area contributed by atoms with Crippen LogP contribution in [-0.4, -0.2) is 12.6 Å². The molecule has 0 radical (unpaired) electrons. The zero-order chi connectivity index (χ0) is 16.8. The van der Waals surface area contributed by atoms with E-state index in [9.17, 15) is 4.79 Å². The van der Waals surface area contributed by atoms with Crippen molar-refractivity contribution >= 4 is 49.4 Å². The van der Waals surface area contributed by atoms with Gasteiger partial charge in [0.2, 0.25) is 0 Å². The normalized spacial score (nSPS) is 10.2. The maximum absolute atomic E-state index is 11.8. The predicted molar refractivity (Wildman–Crippen MR) is 98.1 cm³/mol. The molecule has 2 rings (SSSR count). The van der Waals surface area contributed by atoms with Crippen LogP contribution in [0.15, 0.2) is 58.0 Å². The van der Waals surface area contributed by atoms with Crippen molar-refractivity contribution in [1.29, 1.82) is 0 Å². The van der Waals surface area contributed by atoms with Crippen LogP contribution in [0.4, 0.5) is 0 Å². The Balaban J connectivity index is 2.14. The topological polar surface area (TPSA) is 35.5 Å². The molecule has 6 heteroatoms. The summed E-state index contributed by atoms with van der Waals surface area (Å²) in [4.78, 5) is 11.8. The lowest BCUT2D eigenvalue weighted by atomic mass is 10.2. The van der Waals surface area contributed by atoms with Crippen molar-refractivity contribution in [3.63, 3.8) is 0 Å². The van der Waals surface area contributed by atoms with Crippen LogP contribution in [0.2, 0.25) is 5.02 Å². The molecule has 0 unspecified atom stereocenters. The fraction of sp³-hybridized carbons (Fsp3) is 0.118. The molecular formula is C17H13Br2ClO3. The number of ether oxygens (including phenoxy) is 2.